The minimum Gasteiger partial charge on any atom is -0.312 e. The standard InChI is InChI=1S/C13H23NS/c1-6-13(4,5)9-14-8-12-7-10(2)15-11(12)3/h7,14H,6,8-9H2,1-5H3. The molecule has 0 spiro atoms. The fourth-order valence-corrected chi connectivity index (χ4v) is 2.47. The Kier molecular flexibility index (Phi) is 4.35. The Hall–Kier alpha value is -0.340. The van der Waals surface area contributed by atoms with Crippen molar-refractivity contribution < 1.29 is 0 Å². The van der Waals surface area contributed by atoms with Gasteiger partial charge in [0.25, 0.3) is 0 Å². The van der Waals surface area contributed by atoms with Crippen molar-refractivity contribution in [3.8, 4) is 0 Å². The normalized spacial score (nSPS) is 12.1. The molecule has 1 heterocycles. The third-order valence-corrected chi connectivity index (χ3v) is 4.03. The molecule has 0 unspecified atom stereocenters. The van der Waals surface area contributed by atoms with E-state index >= 15 is 0 Å². The largest absolute Gasteiger partial charge is 0.312 e. The fourth-order valence-electron chi connectivity index (χ4n) is 1.52. The molecule has 0 amide bonds. The van der Waals surface area contributed by atoms with Gasteiger partial charge in [0.2, 0.25) is 0 Å². The Labute approximate surface area is 97.9 Å². The van der Waals surface area contributed by atoms with E-state index in [1.807, 2.05) is 11.3 Å². The molecule has 86 valence electrons. The maximum absolute atomic E-state index is 3.55. The molecule has 1 nitrogen and oxygen atoms in total. The van der Waals surface area contributed by atoms with E-state index in [1.54, 1.807) is 0 Å². The fraction of sp³-hybridized carbons (Fsp3) is 0.692. The smallest absolute Gasteiger partial charge is 0.0216 e. The van der Waals surface area contributed by atoms with Crippen molar-refractivity contribution in [2.24, 2.45) is 5.41 Å². The summed E-state index contributed by atoms with van der Waals surface area (Å²) in [5.41, 5.74) is 1.88. The van der Waals surface area contributed by atoms with Crippen molar-refractivity contribution in [3.05, 3.63) is 21.4 Å². The predicted molar refractivity (Wildman–Crippen MR) is 69.6 cm³/mol. The molecule has 0 bridgehead atoms. The van der Waals surface area contributed by atoms with Crippen LogP contribution in [0.25, 0.3) is 0 Å². The van der Waals surface area contributed by atoms with E-state index in [2.05, 4.69) is 46.0 Å². The number of hydrogen-bond donors (Lipinski definition) is 1. The number of nitrogens with one attached hydrogen (secondary N) is 1. The number of aryl methyl sites for hydroxylation is 2. The highest BCUT2D eigenvalue weighted by atomic mass is 32.1. The molecule has 2 heteroatoms. The van der Waals surface area contributed by atoms with Gasteiger partial charge in [-0.3, -0.25) is 0 Å². The lowest BCUT2D eigenvalue weighted by Crippen LogP contribution is -2.28. The van der Waals surface area contributed by atoms with Gasteiger partial charge in [-0.2, -0.15) is 0 Å². The number of hydrogen-bond acceptors (Lipinski definition) is 2. The molecule has 0 radical (unpaired) electrons. The van der Waals surface area contributed by atoms with Crippen molar-refractivity contribution in [2.75, 3.05) is 6.54 Å². The lowest BCUT2D eigenvalue weighted by Gasteiger charge is -2.22. The highest BCUT2D eigenvalue weighted by Crippen LogP contribution is 2.21. The minimum absolute atomic E-state index is 0.416. The van der Waals surface area contributed by atoms with Crippen LogP contribution in [0.1, 0.15) is 42.5 Å². The first-order valence-electron chi connectivity index (χ1n) is 5.71. The molecule has 0 aromatic carbocycles. The zero-order chi connectivity index (χ0) is 11.5. The second-order valence-electron chi connectivity index (χ2n) is 5.06. The van der Waals surface area contributed by atoms with E-state index in [-0.39, 0.29) is 0 Å². The third-order valence-electron chi connectivity index (χ3n) is 3.02. The van der Waals surface area contributed by atoms with Crippen LogP contribution in [0.2, 0.25) is 0 Å². The SMILES string of the molecule is CCC(C)(C)CNCc1cc(C)sc1C. The lowest BCUT2D eigenvalue weighted by molar-refractivity contribution is 0.327. The minimum atomic E-state index is 0.416. The van der Waals surface area contributed by atoms with Crippen LogP contribution in [0.15, 0.2) is 6.07 Å². The highest BCUT2D eigenvalue weighted by molar-refractivity contribution is 7.12. The molecule has 0 fully saturated rings. The van der Waals surface area contributed by atoms with Crippen molar-refractivity contribution in [1.82, 2.24) is 5.32 Å². The molecule has 1 aromatic heterocycles. The molecule has 0 atom stereocenters. The summed E-state index contributed by atoms with van der Waals surface area (Å²) in [5.74, 6) is 0. The maximum Gasteiger partial charge on any atom is 0.0216 e. The van der Waals surface area contributed by atoms with Crippen LogP contribution in [-0.2, 0) is 6.54 Å². The van der Waals surface area contributed by atoms with Crippen LogP contribution in [0.5, 0.6) is 0 Å². The van der Waals surface area contributed by atoms with E-state index < -0.39 is 0 Å². The first kappa shape index (κ1) is 12.7. The molecule has 0 aliphatic rings. The van der Waals surface area contributed by atoms with Gasteiger partial charge in [0.1, 0.15) is 0 Å². The Morgan fingerprint density at radius 3 is 2.47 bits per heavy atom. The molecule has 0 saturated heterocycles. The van der Waals surface area contributed by atoms with E-state index in [9.17, 15) is 0 Å². The molecule has 0 aliphatic carbocycles. The molecule has 1 rings (SSSR count). The third kappa shape index (κ3) is 3.96. The summed E-state index contributed by atoms with van der Waals surface area (Å²) < 4.78 is 0. The lowest BCUT2D eigenvalue weighted by atomic mass is 9.90. The van der Waals surface area contributed by atoms with Gasteiger partial charge in [-0.25, -0.2) is 0 Å². The predicted octanol–water partition coefficient (Wildman–Crippen LogP) is 3.89. The summed E-state index contributed by atoms with van der Waals surface area (Å²) in [6, 6.07) is 2.30. The average molecular weight is 225 g/mol. The highest BCUT2D eigenvalue weighted by Gasteiger charge is 2.14. The van der Waals surface area contributed by atoms with Gasteiger partial charge < -0.3 is 5.32 Å². The Morgan fingerprint density at radius 1 is 1.33 bits per heavy atom. The van der Waals surface area contributed by atoms with Crippen LogP contribution in [-0.4, -0.2) is 6.54 Å². The Morgan fingerprint density at radius 2 is 2.00 bits per heavy atom. The number of thiophene rings is 1. The molecule has 1 N–H and O–H groups in total. The van der Waals surface area contributed by atoms with Crippen LogP contribution >= 0.6 is 11.3 Å². The van der Waals surface area contributed by atoms with Crippen molar-refractivity contribution in [2.45, 2.75) is 47.6 Å². The monoisotopic (exact) mass is 225 g/mol. The van der Waals surface area contributed by atoms with Crippen molar-refractivity contribution >= 4 is 11.3 Å². The van der Waals surface area contributed by atoms with E-state index in [1.165, 1.54) is 21.7 Å². The quantitative estimate of drug-likeness (QED) is 0.801. The average Bonchev–Trinajstić information content (AvgIpc) is 2.45. The van der Waals surface area contributed by atoms with Crippen molar-refractivity contribution in [3.63, 3.8) is 0 Å². The van der Waals surface area contributed by atoms with Gasteiger partial charge in [0, 0.05) is 22.8 Å². The van der Waals surface area contributed by atoms with Crippen LogP contribution in [0.3, 0.4) is 0 Å². The van der Waals surface area contributed by atoms with Crippen LogP contribution < -0.4 is 5.32 Å². The molecular weight excluding hydrogens is 202 g/mol. The van der Waals surface area contributed by atoms with Gasteiger partial charge in [-0.1, -0.05) is 20.8 Å². The van der Waals surface area contributed by atoms with Gasteiger partial charge in [-0.05, 0) is 37.3 Å². The number of rotatable bonds is 5. The van der Waals surface area contributed by atoms with Gasteiger partial charge in [0.15, 0.2) is 0 Å². The zero-order valence-electron chi connectivity index (χ0n) is 10.6. The summed E-state index contributed by atoms with van der Waals surface area (Å²) in [5, 5.41) is 3.55. The summed E-state index contributed by atoms with van der Waals surface area (Å²) in [7, 11) is 0. The van der Waals surface area contributed by atoms with Crippen molar-refractivity contribution in [1.29, 1.82) is 0 Å². The van der Waals surface area contributed by atoms with Crippen LogP contribution in [0, 0.1) is 19.3 Å². The first-order valence-corrected chi connectivity index (χ1v) is 6.53. The summed E-state index contributed by atoms with van der Waals surface area (Å²) in [4.78, 5) is 2.87. The summed E-state index contributed by atoms with van der Waals surface area (Å²) in [6.45, 7) is 13.4. The second kappa shape index (κ2) is 5.13. The molecule has 0 saturated carbocycles. The second-order valence-corrected chi connectivity index (χ2v) is 6.52. The first-order chi connectivity index (χ1) is 6.94. The van der Waals surface area contributed by atoms with E-state index in [4.69, 9.17) is 0 Å². The van der Waals surface area contributed by atoms with Gasteiger partial charge in [0.05, 0.1) is 0 Å². The van der Waals surface area contributed by atoms with E-state index in [0.717, 1.165) is 13.1 Å². The summed E-state index contributed by atoms with van der Waals surface area (Å²) >= 11 is 1.89. The summed E-state index contributed by atoms with van der Waals surface area (Å²) in [6.07, 6.45) is 1.22. The maximum atomic E-state index is 3.55. The van der Waals surface area contributed by atoms with E-state index in [0.29, 0.717) is 5.41 Å². The molecule has 1 aromatic rings. The van der Waals surface area contributed by atoms with Gasteiger partial charge >= 0.3 is 0 Å². The topological polar surface area (TPSA) is 12.0 Å². The molecule has 0 aliphatic heterocycles. The Balaban J connectivity index is 2.41. The Bertz CT molecular complexity index is 312. The molecule has 15 heavy (non-hydrogen) atoms. The zero-order valence-corrected chi connectivity index (χ0v) is 11.4. The molecular formula is C13H23NS. The van der Waals surface area contributed by atoms with Gasteiger partial charge in [-0.15, -0.1) is 11.3 Å². The van der Waals surface area contributed by atoms with Crippen LogP contribution in [0.4, 0.5) is 0 Å².